The molecule has 3 heteroatoms. The van der Waals surface area contributed by atoms with Crippen molar-refractivity contribution in [2.45, 2.75) is 12.3 Å². The molecule has 5 heavy (non-hydrogen) atoms. The monoisotopic (exact) mass is 92.0 g/mol. The van der Waals surface area contributed by atoms with Gasteiger partial charge in [0.25, 0.3) is 0 Å². The van der Waals surface area contributed by atoms with Gasteiger partial charge in [-0.3, -0.25) is 0 Å². The van der Waals surface area contributed by atoms with Gasteiger partial charge in [-0.15, -0.1) is 0 Å². The quantitative estimate of drug-likeness (QED) is 0.268. The average Bonchev–Trinajstić information content (AvgIpc) is 0.722. The summed E-state index contributed by atoms with van der Waals surface area (Å²) in [6.45, 7) is 1.36. The maximum Gasteiger partial charge on any atom is 0.132 e. The van der Waals surface area contributed by atoms with Gasteiger partial charge in [-0.1, -0.05) is 0 Å². The summed E-state index contributed by atoms with van der Waals surface area (Å²) in [5.74, 6) is 0. The van der Waals surface area contributed by atoms with E-state index in [2.05, 4.69) is 0 Å². The lowest BCUT2D eigenvalue weighted by Crippen LogP contribution is -2.21. The van der Waals surface area contributed by atoms with Crippen molar-refractivity contribution in [3.05, 3.63) is 0 Å². The number of hydrogen-bond donors (Lipinski definition) is 2. The third kappa shape index (κ3) is 1010. The van der Waals surface area contributed by atoms with Crippen LogP contribution in [0.25, 0.3) is 0 Å². The van der Waals surface area contributed by atoms with E-state index >= 15 is 0 Å². The Labute approximate surface area is 33.9 Å². The SMILES string of the molecule is CC(O)(O)[SiH3]. The number of rotatable bonds is 0. The van der Waals surface area contributed by atoms with Gasteiger partial charge in [0, 0.05) is 0 Å². The minimum atomic E-state index is -1.36. The average molecular weight is 92.2 g/mol. The zero-order valence-corrected chi connectivity index (χ0v) is 5.39. The van der Waals surface area contributed by atoms with Gasteiger partial charge < -0.3 is 10.2 Å². The van der Waals surface area contributed by atoms with Crippen molar-refractivity contribution in [2.24, 2.45) is 0 Å². The predicted octanol–water partition coefficient (Wildman–Crippen LogP) is -1.99. The third-order valence-electron chi connectivity index (χ3n) is 0. The second-order valence-corrected chi connectivity index (χ2v) is 3.39. The maximum absolute atomic E-state index is 8.14. The lowest BCUT2D eigenvalue weighted by atomic mass is 10.8. The van der Waals surface area contributed by atoms with Crippen LogP contribution in [0.2, 0.25) is 0 Å². The highest BCUT2D eigenvalue weighted by molar-refractivity contribution is 6.12. The second kappa shape index (κ2) is 1.08. The Balaban J connectivity index is 3.02. The fraction of sp³-hybridized carbons (Fsp3) is 1.00. The molecule has 0 aromatic rings. The molecule has 0 fully saturated rings. The van der Waals surface area contributed by atoms with Gasteiger partial charge >= 0.3 is 0 Å². The standard InChI is InChI=1S/C2H8O2Si/c1-2(3,4)5/h3-4H,1,5H3. The van der Waals surface area contributed by atoms with Crippen LogP contribution in [0.15, 0.2) is 0 Å². The molecular formula is C2H8O2Si. The molecule has 0 aromatic heterocycles. The molecule has 0 heterocycles. The van der Waals surface area contributed by atoms with Gasteiger partial charge in [-0.25, -0.2) is 0 Å². The molecule has 2 N–H and O–H groups in total. The summed E-state index contributed by atoms with van der Waals surface area (Å²) in [6.07, 6.45) is 0. The topological polar surface area (TPSA) is 40.5 Å². The fourth-order valence-electron chi connectivity index (χ4n) is 0. The Morgan fingerprint density at radius 2 is 1.60 bits per heavy atom. The van der Waals surface area contributed by atoms with Crippen LogP contribution in [0.5, 0.6) is 0 Å². The van der Waals surface area contributed by atoms with E-state index in [1.54, 1.807) is 0 Å². The zero-order chi connectivity index (χ0) is 4.50. The number of hydrogen-bond acceptors (Lipinski definition) is 2. The summed E-state index contributed by atoms with van der Waals surface area (Å²) < 4.78 is 0. The number of aliphatic hydroxyl groups is 2. The summed E-state index contributed by atoms with van der Waals surface area (Å²) in [7, 11) is 0.419. The van der Waals surface area contributed by atoms with Crippen LogP contribution in [0.3, 0.4) is 0 Å². The van der Waals surface area contributed by atoms with Gasteiger partial charge in [0.2, 0.25) is 0 Å². The molecule has 0 aliphatic heterocycles. The van der Waals surface area contributed by atoms with E-state index in [9.17, 15) is 0 Å². The lowest BCUT2D eigenvalue weighted by Gasteiger charge is -2.03. The summed E-state index contributed by atoms with van der Waals surface area (Å²) >= 11 is 0. The van der Waals surface area contributed by atoms with Crippen molar-refractivity contribution in [3.8, 4) is 0 Å². The Bertz CT molecular complexity index is 23.1. The summed E-state index contributed by atoms with van der Waals surface area (Å²) in [4.78, 5) is 0. The fourth-order valence-corrected chi connectivity index (χ4v) is 0. The molecule has 0 unspecified atom stereocenters. The van der Waals surface area contributed by atoms with Gasteiger partial charge in [0.1, 0.15) is 5.41 Å². The first kappa shape index (κ1) is 5.14. The normalized spacial score (nSPS) is 12.6. The van der Waals surface area contributed by atoms with E-state index in [-0.39, 0.29) is 0 Å². The van der Waals surface area contributed by atoms with Gasteiger partial charge in [-0.2, -0.15) is 0 Å². The first-order chi connectivity index (χ1) is 2.00. The first-order valence-corrected chi connectivity index (χ1v) is 2.45. The molecule has 0 aliphatic rings. The Hall–Kier alpha value is 0.137. The summed E-state index contributed by atoms with van der Waals surface area (Å²) in [5, 5.41) is 16.3. The van der Waals surface area contributed by atoms with Crippen molar-refractivity contribution in [3.63, 3.8) is 0 Å². The molecule has 0 spiro atoms. The van der Waals surface area contributed by atoms with Crippen molar-refractivity contribution >= 4 is 10.2 Å². The molecule has 0 saturated carbocycles. The molecule has 0 aromatic carbocycles. The molecule has 0 rings (SSSR count). The molecule has 0 bridgehead atoms. The van der Waals surface area contributed by atoms with E-state index in [1.807, 2.05) is 0 Å². The Morgan fingerprint density at radius 1 is 1.60 bits per heavy atom. The molecule has 0 radical (unpaired) electrons. The molecule has 0 saturated heterocycles. The van der Waals surface area contributed by atoms with Gasteiger partial charge in [-0.05, 0) is 6.92 Å². The molecular weight excluding hydrogens is 84.1 g/mol. The molecule has 0 amide bonds. The highest BCUT2D eigenvalue weighted by Gasteiger charge is 2.00. The van der Waals surface area contributed by atoms with E-state index in [0.717, 1.165) is 0 Å². The second-order valence-electron chi connectivity index (χ2n) is 1.49. The summed E-state index contributed by atoms with van der Waals surface area (Å²) in [6, 6.07) is 0. The van der Waals surface area contributed by atoms with Crippen LogP contribution in [-0.2, 0) is 0 Å². The predicted molar refractivity (Wildman–Crippen MR) is 22.8 cm³/mol. The van der Waals surface area contributed by atoms with Crippen LogP contribution in [-0.4, -0.2) is 25.9 Å². The van der Waals surface area contributed by atoms with Crippen LogP contribution >= 0.6 is 0 Å². The van der Waals surface area contributed by atoms with Gasteiger partial charge in [0.15, 0.2) is 0 Å². The van der Waals surface area contributed by atoms with Crippen molar-refractivity contribution < 1.29 is 10.2 Å². The van der Waals surface area contributed by atoms with Crippen LogP contribution in [0.1, 0.15) is 6.92 Å². The largest absolute Gasteiger partial charge is 0.371 e. The molecule has 2 nitrogen and oxygen atoms in total. The van der Waals surface area contributed by atoms with E-state index in [0.29, 0.717) is 10.2 Å². The highest BCUT2D eigenvalue weighted by Crippen LogP contribution is 1.81. The summed E-state index contributed by atoms with van der Waals surface area (Å²) in [5.41, 5.74) is -1.36. The minimum Gasteiger partial charge on any atom is -0.371 e. The third-order valence-corrected chi connectivity index (χ3v) is 0. The first-order valence-electron chi connectivity index (χ1n) is 1.45. The van der Waals surface area contributed by atoms with Crippen LogP contribution < -0.4 is 0 Å². The molecule has 0 aliphatic carbocycles. The van der Waals surface area contributed by atoms with E-state index < -0.39 is 5.41 Å². The molecule has 0 atom stereocenters. The van der Waals surface area contributed by atoms with Crippen LogP contribution in [0.4, 0.5) is 0 Å². The maximum atomic E-state index is 8.14. The van der Waals surface area contributed by atoms with Crippen molar-refractivity contribution in [1.29, 1.82) is 0 Å². The lowest BCUT2D eigenvalue weighted by molar-refractivity contribution is -0.0678. The smallest absolute Gasteiger partial charge is 0.132 e. The minimum absolute atomic E-state index is 0.419. The molecule has 32 valence electrons. The van der Waals surface area contributed by atoms with Gasteiger partial charge in [0.05, 0.1) is 10.2 Å². The van der Waals surface area contributed by atoms with Crippen molar-refractivity contribution in [1.82, 2.24) is 0 Å². The highest BCUT2D eigenvalue weighted by atomic mass is 28.1. The Morgan fingerprint density at radius 3 is 1.60 bits per heavy atom. The van der Waals surface area contributed by atoms with Crippen molar-refractivity contribution in [2.75, 3.05) is 0 Å². The van der Waals surface area contributed by atoms with Crippen LogP contribution in [0, 0.1) is 0 Å². The Kier molecular flexibility index (Phi) is 1.11. The zero-order valence-electron chi connectivity index (χ0n) is 3.39. The van der Waals surface area contributed by atoms with E-state index in [1.165, 1.54) is 6.92 Å². The van der Waals surface area contributed by atoms with E-state index in [4.69, 9.17) is 10.2 Å².